The highest BCUT2D eigenvalue weighted by atomic mass is 79.9. The summed E-state index contributed by atoms with van der Waals surface area (Å²) in [6.07, 6.45) is 5.04. The van der Waals surface area contributed by atoms with Gasteiger partial charge in [0, 0.05) is 30.3 Å². The summed E-state index contributed by atoms with van der Waals surface area (Å²) in [6.45, 7) is 2.56. The predicted octanol–water partition coefficient (Wildman–Crippen LogP) is 3.16. The van der Waals surface area contributed by atoms with Crippen LogP contribution in [0.5, 0.6) is 0 Å². The van der Waals surface area contributed by atoms with Crippen molar-refractivity contribution < 1.29 is 4.84 Å². The fourth-order valence-electron chi connectivity index (χ4n) is 2.55. The van der Waals surface area contributed by atoms with Gasteiger partial charge in [-0.25, -0.2) is 4.98 Å². The molecule has 0 bridgehead atoms. The second-order valence-electron chi connectivity index (χ2n) is 6.14. The smallest absolute Gasteiger partial charge is 0.224 e. The third kappa shape index (κ3) is 3.50. The molecule has 1 unspecified atom stereocenters. The van der Waals surface area contributed by atoms with Crippen LogP contribution in [0.15, 0.2) is 21.9 Å². The van der Waals surface area contributed by atoms with Crippen molar-refractivity contribution in [1.82, 2.24) is 20.2 Å². The molecule has 0 aromatic carbocycles. The first kappa shape index (κ1) is 15.4. The van der Waals surface area contributed by atoms with Crippen LogP contribution in [0.1, 0.15) is 37.8 Å². The van der Waals surface area contributed by atoms with Crippen molar-refractivity contribution >= 4 is 39.2 Å². The number of oxime groups is 1. The van der Waals surface area contributed by atoms with Crippen molar-refractivity contribution in [3.8, 4) is 0 Å². The van der Waals surface area contributed by atoms with Gasteiger partial charge in [-0.3, -0.25) is 5.10 Å². The molecule has 9 heteroatoms. The molecule has 1 fully saturated rings. The van der Waals surface area contributed by atoms with Gasteiger partial charge in [-0.1, -0.05) is 5.16 Å². The van der Waals surface area contributed by atoms with E-state index in [1.807, 2.05) is 13.0 Å². The Morgan fingerprint density at radius 1 is 1.42 bits per heavy atom. The molecule has 0 radical (unpaired) electrons. The lowest BCUT2D eigenvalue weighted by Gasteiger charge is -2.11. The highest BCUT2D eigenvalue weighted by Crippen LogP contribution is 2.39. The summed E-state index contributed by atoms with van der Waals surface area (Å²) in [5.74, 6) is 2.59. The summed E-state index contributed by atoms with van der Waals surface area (Å²) >= 11 is 3.46. The lowest BCUT2D eigenvalue weighted by Crippen LogP contribution is -2.20. The third-order valence-electron chi connectivity index (χ3n) is 3.97. The minimum Gasteiger partial charge on any atom is -0.390 e. The van der Waals surface area contributed by atoms with Crippen LogP contribution >= 0.6 is 15.9 Å². The molecule has 8 nitrogen and oxygen atoms in total. The van der Waals surface area contributed by atoms with Gasteiger partial charge in [0.15, 0.2) is 11.6 Å². The van der Waals surface area contributed by atoms with Gasteiger partial charge in [-0.05, 0) is 35.7 Å². The topological polar surface area (TPSA) is 100 Å². The molecule has 2 aromatic heterocycles. The van der Waals surface area contributed by atoms with Gasteiger partial charge < -0.3 is 15.5 Å². The quantitative estimate of drug-likeness (QED) is 0.698. The van der Waals surface area contributed by atoms with Gasteiger partial charge in [0.05, 0.1) is 16.7 Å². The fraction of sp³-hybridized carbons (Fsp3) is 0.467. The first-order valence-corrected chi connectivity index (χ1v) is 8.74. The first-order chi connectivity index (χ1) is 11.7. The summed E-state index contributed by atoms with van der Waals surface area (Å²) in [5.41, 5.74) is 2.18. The Morgan fingerprint density at radius 2 is 2.29 bits per heavy atom. The van der Waals surface area contributed by atoms with E-state index in [9.17, 15) is 0 Å². The highest BCUT2D eigenvalue weighted by molar-refractivity contribution is 9.10. The minimum absolute atomic E-state index is 0.0288. The number of aromatic nitrogens is 4. The van der Waals surface area contributed by atoms with E-state index < -0.39 is 0 Å². The lowest BCUT2D eigenvalue weighted by atomic mass is 10.2. The van der Waals surface area contributed by atoms with E-state index in [0.29, 0.717) is 24.2 Å². The number of rotatable bonds is 6. The normalized spacial score (nSPS) is 19.8. The van der Waals surface area contributed by atoms with Crippen LogP contribution < -0.4 is 10.6 Å². The number of anilines is 3. The van der Waals surface area contributed by atoms with Crippen molar-refractivity contribution in [2.24, 2.45) is 5.16 Å². The van der Waals surface area contributed by atoms with Crippen molar-refractivity contribution in [2.75, 3.05) is 17.2 Å². The van der Waals surface area contributed by atoms with Crippen molar-refractivity contribution in [3.05, 3.63) is 22.4 Å². The van der Waals surface area contributed by atoms with E-state index in [1.165, 1.54) is 18.5 Å². The van der Waals surface area contributed by atoms with Crippen molar-refractivity contribution in [2.45, 2.75) is 38.2 Å². The molecule has 126 valence electrons. The van der Waals surface area contributed by atoms with Crippen LogP contribution in [0.3, 0.4) is 0 Å². The van der Waals surface area contributed by atoms with Crippen LogP contribution in [0.25, 0.3) is 0 Å². The number of aromatic amines is 1. The van der Waals surface area contributed by atoms with Gasteiger partial charge in [0.25, 0.3) is 0 Å². The molecule has 24 heavy (non-hydrogen) atoms. The molecule has 1 atom stereocenters. The van der Waals surface area contributed by atoms with Crippen molar-refractivity contribution in [1.29, 1.82) is 0 Å². The molecular weight excluding hydrogens is 374 g/mol. The zero-order chi connectivity index (χ0) is 16.5. The van der Waals surface area contributed by atoms with Gasteiger partial charge in [-0.15, -0.1) is 0 Å². The summed E-state index contributed by atoms with van der Waals surface area (Å²) in [6, 6.07) is 2.03. The molecule has 3 N–H and O–H groups in total. The molecule has 0 spiro atoms. The Labute approximate surface area is 147 Å². The molecule has 2 aromatic rings. The fourth-order valence-corrected chi connectivity index (χ4v) is 2.84. The third-order valence-corrected chi connectivity index (χ3v) is 4.55. The Balaban J connectivity index is 1.40. The minimum atomic E-state index is 0.0288. The van der Waals surface area contributed by atoms with E-state index in [-0.39, 0.29) is 6.10 Å². The molecule has 2 aliphatic rings. The summed E-state index contributed by atoms with van der Waals surface area (Å²) in [5, 5.41) is 17.7. The number of hydrogen-bond acceptors (Lipinski definition) is 7. The molecule has 0 amide bonds. The largest absolute Gasteiger partial charge is 0.390 e. The van der Waals surface area contributed by atoms with Gasteiger partial charge in [0.1, 0.15) is 6.10 Å². The standard InChI is InChI=1S/C15H18BrN7O/c1-8-4-10(24-23-8)6-17-15-18-7-11(16)14(20-15)19-13-5-12(21-22-13)9-2-3-9/h5,7,9-10H,2-4,6H2,1H3,(H3,17,18,19,20,21,22). The van der Waals surface area contributed by atoms with Gasteiger partial charge >= 0.3 is 0 Å². The predicted molar refractivity (Wildman–Crippen MR) is 94.7 cm³/mol. The molecular formula is C15H18BrN7O. The van der Waals surface area contributed by atoms with Gasteiger partial charge in [0.2, 0.25) is 5.95 Å². The SMILES string of the molecule is CC1=NOC(CNc2ncc(Br)c(Nc3cc(C4CC4)[nH]n3)n2)C1. The second-order valence-corrected chi connectivity index (χ2v) is 6.99. The number of nitrogens with zero attached hydrogens (tertiary/aromatic N) is 4. The van der Waals surface area contributed by atoms with E-state index in [2.05, 4.69) is 51.9 Å². The molecule has 1 saturated carbocycles. The Bertz CT molecular complexity index is 771. The van der Waals surface area contributed by atoms with Crippen LogP contribution in [0.2, 0.25) is 0 Å². The Hall–Kier alpha value is -2.16. The van der Waals surface area contributed by atoms with Crippen LogP contribution in [0.4, 0.5) is 17.6 Å². The van der Waals surface area contributed by atoms with E-state index in [0.717, 1.165) is 22.4 Å². The maximum atomic E-state index is 5.30. The lowest BCUT2D eigenvalue weighted by molar-refractivity contribution is 0.0948. The molecule has 4 rings (SSSR count). The molecule has 1 aliphatic carbocycles. The summed E-state index contributed by atoms with van der Waals surface area (Å²) < 4.78 is 0.778. The summed E-state index contributed by atoms with van der Waals surface area (Å²) in [4.78, 5) is 14.1. The van der Waals surface area contributed by atoms with E-state index in [1.54, 1.807) is 6.20 Å². The summed E-state index contributed by atoms with van der Waals surface area (Å²) in [7, 11) is 0. The first-order valence-electron chi connectivity index (χ1n) is 7.95. The Morgan fingerprint density at radius 3 is 3.04 bits per heavy atom. The second kappa shape index (κ2) is 6.39. The van der Waals surface area contributed by atoms with Gasteiger partial charge in [-0.2, -0.15) is 10.1 Å². The number of nitrogens with one attached hydrogen (secondary N) is 3. The number of H-pyrrole nitrogens is 1. The molecule has 1 aliphatic heterocycles. The number of halogens is 1. The average molecular weight is 392 g/mol. The van der Waals surface area contributed by atoms with Crippen LogP contribution in [-0.4, -0.2) is 38.5 Å². The highest BCUT2D eigenvalue weighted by Gasteiger charge is 2.25. The Kier molecular flexibility index (Phi) is 4.09. The van der Waals surface area contributed by atoms with Crippen LogP contribution in [0, 0.1) is 0 Å². The van der Waals surface area contributed by atoms with Crippen LogP contribution in [-0.2, 0) is 4.84 Å². The zero-order valence-corrected chi connectivity index (χ0v) is 14.8. The molecule has 3 heterocycles. The van der Waals surface area contributed by atoms with E-state index >= 15 is 0 Å². The van der Waals surface area contributed by atoms with E-state index in [4.69, 9.17) is 4.84 Å². The maximum absolute atomic E-state index is 5.30. The zero-order valence-electron chi connectivity index (χ0n) is 13.2. The molecule has 0 saturated heterocycles. The average Bonchev–Trinajstić information content (AvgIpc) is 3.18. The monoisotopic (exact) mass is 391 g/mol. The number of hydrogen-bond donors (Lipinski definition) is 3. The maximum Gasteiger partial charge on any atom is 0.224 e. The van der Waals surface area contributed by atoms with Crippen molar-refractivity contribution in [3.63, 3.8) is 0 Å².